The Bertz CT molecular complexity index is 579. The van der Waals surface area contributed by atoms with Crippen LogP contribution >= 0.6 is 0 Å². The minimum Gasteiger partial charge on any atom is -0.369 e. The minimum atomic E-state index is -0.215. The van der Waals surface area contributed by atoms with E-state index < -0.39 is 0 Å². The molecule has 1 aromatic carbocycles. The Labute approximate surface area is 131 Å². The van der Waals surface area contributed by atoms with Crippen molar-refractivity contribution in [3.8, 4) is 0 Å². The Morgan fingerprint density at radius 1 is 1.23 bits per heavy atom. The third kappa shape index (κ3) is 2.86. The molecule has 0 spiro atoms. The molecular formula is C17H23N3O2. The quantitative estimate of drug-likeness (QED) is 0.911. The minimum absolute atomic E-state index is 0.0298. The number of benzene rings is 1. The first-order valence-electron chi connectivity index (χ1n) is 7.98. The van der Waals surface area contributed by atoms with Crippen molar-refractivity contribution in [2.45, 2.75) is 32.2 Å². The lowest BCUT2D eigenvalue weighted by Gasteiger charge is -2.32. The SMILES string of the molecule is C[C@H]1Cc2ccccc2N1C(=O)CN1CCC(C(N)=O)CC1. The van der Waals surface area contributed by atoms with Gasteiger partial charge >= 0.3 is 0 Å². The van der Waals surface area contributed by atoms with Gasteiger partial charge < -0.3 is 10.6 Å². The summed E-state index contributed by atoms with van der Waals surface area (Å²) in [6, 6.07) is 8.34. The predicted octanol–water partition coefficient (Wildman–Crippen LogP) is 1.16. The number of carbonyl (C=O) groups is 2. The van der Waals surface area contributed by atoms with Crippen LogP contribution in [-0.4, -0.2) is 42.4 Å². The Kier molecular flexibility index (Phi) is 4.16. The van der Waals surface area contributed by atoms with Crippen molar-refractivity contribution in [2.75, 3.05) is 24.5 Å². The monoisotopic (exact) mass is 301 g/mol. The second kappa shape index (κ2) is 6.08. The molecule has 2 N–H and O–H groups in total. The molecule has 5 nitrogen and oxygen atoms in total. The molecule has 2 aliphatic heterocycles. The summed E-state index contributed by atoms with van der Waals surface area (Å²) in [6.45, 7) is 4.05. The van der Waals surface area contributed by atoms with Crippen molar-refractivity contribution >= 4 is 17.5 Å². The summed E-state index contributed by atoms with van der Waals surface area (Å²) in [5, 5.41) is 0. The molecule has 1 fully saturated rings. The van der Waals surface area contributed by atoms with E-state index in [2.05, 4.69) is 17.9 Å². The van der Waals surface area contributed by atoms with Crippen molar-refractivity contribution in [3.63, 3.8) is 0 Å². The maximum Gasteiger partial charge on any atom is 0.241 e. The Morgan fingerprint density at radius 3 is 2.59 bits per heavy atom. The summed E-state index contributed by atoms with van der Waals surface area (Å²) in [5.41, 5.74) is 7.65. The number of nitrogens with zero attached hydrogens (tertiary/aromatic N) is 2. The van der Waals surface area contributed by atoms with Gasteiger partial charge in [-0.1, -0.05) is 18.2 Å². The first kappa shape index (κ1) is 15.0. The van der Waals surface area contributed by atoms with E-state index in [1.54, 1.807) is 0 Å². The smallest absolute Gasteiger partial charge is 0.241 e. The summed E-state index contributed by atoms with van der Waals surface area (Å²) in [7, 11) is 0. The van der Waals surface area contributed by atoms with Gasteiger partial charge in [0.1, 0.15) is 0 Å². The van der Waals surface area contributed by atoms with Crippen molar-refractivity contribution < 1.29 is 9.59 Å². The molecule has 3 rings (SSSR count). The number of fused-ring (bicyclic) bond motifs is 1. The van der Waals surface area contributed by atoms with Gasteiger partial charge in [-0.05, 0) is 50.9 Å². The summed E-state index contributed by atoms with van der Waals surface area (Å²) in [6.07, 6.45) is 2.44. The van der Waals surface area contributed by atoms with Gasteiger partial charge in [0, 0.05) is 17.6 Å². The van der Waals surface area contributed by atoms with Crippen LogP contribution in [0.2, 0.25) is 0 Å². The highest BCUT2D eigenvalue weighted by Gasteiger charge is 2.32. The van der Waals surface area contributed by atoms with Crippen molar-refractivity contribution in [2.24, 2.45) is 11.7 Å². The van der Waals surface area contributed by atoms with Gasteiger partial charge in [0.2, 0.25) is 11.8 Å². The van der Waals surface area contributed by atoms with Gasteiger partial charge in [0.05, 0.1) is 6.54 Å². The number of primary amides is 1. The molecule has 0 bridgehead atoms. The van der Waals surface area contributed by atoms with Crippen LogP contribution in [0.5, 0.6) is 0 Å². The van der Waals surface area contributed by atoms with E-state index in [4.69, 9.17) is 5.73 Å². The zero-order valence-corrected chi connectivity index (χ0v) is 13.0. The standard InChI is InChI=1S/C17H23N3O2/c1-12-10-14-4-2-3-5-15(14)20(12)16(21)11-19-8-6-13(7-9-19)17(18)22/h2-5,12-13H,6-11H2,1H3,(H2,18,22)/t12-/m0/s1. The summed E-state index contributed by atoms with van der Waals surface area (Å²) >= 11 is 0. The molecule has 0 aromatic heterocycles. The van der Waals surface area contributed by atoms with E-state index >= 15 is 0 Å². The van der Waals surface area contributed by atoms with Gasteiger partial charge in [-0.2, -0.15) is 0 Å². The van der Waals surface area contributed by atoms with E-state index in [1.165, 1.54) is 5.56 Å². The Hall–Kier alpha value is -1.88. The van der Waals surface area contributed by atoms with Crippen LogP contribution in [0, 0.1) is 5.92 Å². The third-order valence-electron chi connectivity index (χ3n) is 4.82. The highest BCUT2D eigenvalue weighted by atomic mass is 16.2. The fraction of sp³-hybridized carbons (Fsp3) is 0.529. The first-order valence-corrected chi connectivity index (χ1v) is 7.98. The molecule has 1 saturated heterocycles. The number of rotatable bonds is 3. The molecular weight excluding hydrogens is 278 g/mol. The zero-order valence-electron chi connectivity index (χ0n) is 13.0. The number of hydrogen-bond donors (Lipinski definition) is 1. The Balaban J connectivity index is 1.62. The van der Waals surface area contributed by atoms with E-state index in [0.717, 1.165) is 38.0 Å². The van der Waals surface area contributed by atoms with Gasteiger partial charge in [-0.25, -0.2) is 0 Å². The summed E-state index contributed by atoms with van der Waals surface area (Å²) < 4.78 is 0. The van der Waals surface area contributed by atoms with Gasteiger partial charge in [0.25, 0.3) is 0 Å². The van der Waals surface area contributed by atoms with Gasteiger partial charge in [-0.3, -0.25) is 14.5 Å². The molecule has 5 heteroatoms. The van der Waals surface area contributed by atoms with Crippen LogP contribution in [0.4, 0.5) is 5.69 Å². The largest absolute Gasteiger partial charge is 0.369 e. The maximum absolute atomic E-state index is 12.7. The number of nitrogens with two attached hydrogens (primary N) is 1. The van der Waals surface area contributed by atoms with E-state index in [9.17, 15) is 9.59 Å². The van der Waals surface area contributed by atoms with Crippen LogP contribution in [-0.2, 0) is 16.0 Å². The number of likely N-dealkylation sites (tertiary alicyclic amines) is 1. The second-order valence-corrected chi connectivity index (χ2v) is 6.40. The number of hydrogen-bond acceptors (Lipinski definition) is 3. The molecule has 1 atom stereocenters. The Morgan fingerprint density at radius 2 is 1.91 bits per heavy atom. The number of piperidine rings is 1. The zero-order chi connectivity index (χ0) is 15.7. The average Bonchev–Trinajstić information content (AvgIpc) is 2.83. The maximum atomic E-state index is 12.7. The van der Waals surface area contributed by atoms with Crippen LogP contribution < -0.4 is 10.6 Å². The number of anilines is 1. The van der Waals surface area contributed by atoms with Crippen molar-refractivity contribution in [1.82, 2.24) is 4.90 Å². The molecule has 2 heterocycles. The highest BCUT2D eigenvalue weighted by molar-refractivity contribution is 5.97. The number of amides is 2. The molecule has 1 aromatic rings. The molecule has 2 aliphatic rings. The normalized spacial score (nSPS) is 22.6. The molecule has 2 amide bonds. The molecule has 0 aliphatic carbocycles. The lowest BCUT2D eigenvalue weighted by Crippen LogP contribution is -2.46. The van der Waals surface area contributed by atoms with Crippen LogP contribution in [0.1, 0.15) is 25.3 Å². The van der Waals surface area contributed by atoms with Crippen molar-refractivity contribution in [3.05, 3.63) is 29.8 Å². The van der Waals surface area contributed by atoms with Gasteiger partial charge in [0.15, 0.2) is 0 Å². The fourth-order valence-electron chi connectivity index (χ4n) is 3.59. The van der Waals surface area contributed by atoms with E-state index in [1.807, 2.05) is 23.1 Å². The molecule has 118 valence electrons. The topological polar surface area (TPSA) is 66.6 Å². The number of para-hydroxylation sites is 1. The highest BCUT2D eigenvalue weighted by Crippen LogP contribution is 2.32. The predicted molar refractivity (Wildman–Crippen MR) is 85.5 cm³/mol. The second-order valence-electron chi connectivity index (χ2n) is 6.40. The lowest BCUT2D eigenvalue weighted by molar-refractivity contribution is -0.123. The van der Waals surface area contributed by atoms with Crippen LogP contribution in [0.15, 0.2) is 24.3 Å². The molecule has 22 heavy (non-hydrogen) atoms. The van der Waals surface area contributed by atoms with Gasteiger partial charge in [-0.15, -0.1) is 0 Å². The van der Waals surface area contributed by atoms with E-state index in [0.29, 0.717) is 6.54 Å². The van der Waals surface area contributed by atoms with E-state index in [-0.39, 0.29) is 23.8 Å². The van der Waals surface area contributed by atoms with Crippen LogP contribution in [0.25, 0.3) is 0 Å². The number of carbonyl (C=O) groups excluding carboxylic acids is 2. The van der Waals surface area contributed by atoms with Crippen LogP contribution in [0.3, 0.4) is 0 Å². The third-order valence-corrected chi connectivity index (χ3v) is 4.82. The lowest BCUT2D eigenvalue weighted by atomic mass is 9.96. The molecule has 0 radical (unpaired) electrons. The fourth-order valence-corrected chi connectivity index (χ4v) is 3.59. The molecule has 0 saturated carbocycles. The van der Waals surface area contributed by atoms with Crippen molar-refractivity contribution in [1.29, 1.82) is 0 Å². The summed E-state index contributed by atoms with van der Waals surface area (Å²) in [5.74, 6) is -0.0965. The average molecular weight is 301 g/mol. The first-order chi connectivity index (χ1) is 10.6. The summed E-state index contributed by atoms with van der Waals surface area (Å²) in [4.78, 5) is 28.0. The molecule has 0 unspecified atom stereocenters.